The van der Waals surface area contributed by atoms with E-state index in [0.717, 1.165) is 0 Å². The van der Waals surface area contributed by atoms with Crippen LogP contribution in [0.3, 0.4) is 0 Å². The summed E-state index contributed by atoms with van der Waals surface area (Å²) in [5.41, 5.74) is 5.46. The second kappa shape index (κ2) is 4.09. The summed E-state index contributed by atoms with van der Waals surface area (Å²) in [5, 5.41) is 9.95. The molecule has 0 amide bonds. The van der Waals surface area contributed by atoms with Crippen LogP contribution in [0, 0.1) is 6.92 Å². The Balaban J connectivity index is 2.40. The van der Waals surface area contributed by atoms with E-state index < -0.39 is 15.6 Å². The summed E-state index contributed by atoms with van der Waals surface area (Å²) in [7, 11) is -3.61. The molecular weight excluding hydrogens is 276 g/mol. The Morgan fingerprint density at radius 1 is 1.44 bits per heavy atom. The van der Waals surface area contributed by atoms with Crippen molar-refractivity contribution in [2.45, 2.75) is 24.3 Å². The van der Waals surface area contributed by atoms with Crippen LogP contribution in [0.15, 0.2) is 17.0 Å². The molecule has 0 atom stereocenters. The number of hydrogen-bond acceptors (Lipinski definition) is 4. The molecule has 5 nitrogen and oxygen atoms in total. The molecule has 0 radical (unpaired) electrons. The Bertz CT molecular complexity index is 591. The first-order valence-electron chi connectivity index (χ1n) is 5.42. The van der Waals surface area contributed by atoms with Crippen molar-refractivity contribution in [2.24, 2.45) is 0 Å². The number of aliphatic hydroxyl groups is 1. The van der Waals surface area contributed by atoms with Gasteiger partial charge in [0.05, 0.1) is 21.2 Å². The molecule has 1 aromatic carbocycles. The first kappa shape index (κ1) is 13.6. The number of β-amino-alcohol motifs (C(OH)–C–C–N with tert-alkyl or cyclic N) is 1. The van der Waals surface area contributed by atoms with Gasteiger partial charge in [-0.1, -0.05) is 11.6 Å². The lowest BCUT2D eigenvalue weighted by Crippen LogP contribution is -2.61. The number of nitrogen functional groups attached to an aromatic ring is 1. The summed E-state index contributed by atoms with van der Waals surface area (Å²) in [6.45, 7) is 3.45. The quantitative estimate of drug-likeness (QED) is 0.796. The zero-order chi connectivity index (χ0) is 13.7. The van der Waals surface area contributed by atoms with E-state index in [1.165, 1.54) is 16.4 Å². The van der Waals surface area contributed by atoms with Gasteiger partial charge in [-0.2, -0.15) is 4.31 Å². The lowest BCUT2D eigenvalue weighted by Gasteiger charge is -2.43. The Morgan fingerprint density at radius 3 is 2.50 bits per heavy atom. The van der Waals surface area contributed by atoms with Gasteiger partial charge in [0, 0.05) is 13.1 Å². The summed E-state index contributed by atoms with van der Waals surface area (Å²) in [6, 6.07) is 2.89. The molecule has 1 heterocycles. The maximum atomic E-state index is 12.3. The van der Waals surface area contributed by atoms with Crippen molar-refractivity contribution in [1.29, 1.82) is 0 Å². The molecule has 1 aliphatic rings. The number of aryl methyl sites for hydroxylation is 1. The molecule has 1 fully saturated rings. The monoisotopic (exact) mass is 290 g/mol. The minimum atomic E-state index is -3.61. The number of benzene rings is 1. The van der Waals surface area contributed by atoms with Crippen LogP contribution in [0.25, 0.3) is 0 Å². The van der Waals surface area contributed by atoms with E-state index in [1.54, 1.807) is 13.8 Å². The molecule has 0 bridgehead atoms. The molecule has 18 heavy (non-hydrogen) atoms. The smallest absolute Gasteiger partial charge is 0.243 e. The zero-order valence-electron chi connectivity index (χ0n) is 10.1. The number of nitrogens with two attached hydrogens (primary N) is 1. The van der Waals surface area contributed by atoms with Crippen LogP contribution in [0.2, 0.25) is 5.02 Å². The van der Waals surface area contributed by atoms with Gasteiger partial charge >= 0.3 is 0 Å². The maximum absolute atomic E-state index is 12.3. The van der Waals surface area contributed by atoms with Crippen molar-refractivity contribution < 1.29 is 13.5 Å². The van der Waals surface area contributed by atoms with E-state index in [1.807, 2.05) is 0 Å². The van der Waals surface area contributed by atoms with Gasteiger partial charge in [-0.15, -0.1) is 0 Å². The first-order valence-corrected chi connectivity index (χ1v) is 7.23. The number of hydrogen-bond donors (Lipinski definition) is 2. The lowest BCUT2D eigenvalue weighted by molar-refractivity contribution is -0.0426. The standard InChI is InChI=1S/C11H15ClN2O3S/c1-7-3-8(12)9(13)4-10(7)18(16,17)14-5-11(2,15)6-14/h3-4,15H,5-6,13H2,1-2H3. The topological polar surface area (TPSA) is 83.6 Å². The fourth-order valence-corrected chi connectivity index (χ4v) is 4.10. The molecular formula is C11H15ClN2O3S. The predicted octanol–water partition coefficient (Wildman–Crippen LogP) is 0.986. The van der Waals surface area contributed by atoms with Gasteiger partial charge in [-0.3, -0.25) is 0 Å². The molecule has 0 aliphatic carbocycles. The highest BCUT2D eigenvalue weighted by atomic mass is 35.5. The second-order valence-electron chi connectivity index (χ2n) is 4.91. The average molecular weight is 291 g/mol. The molecule has 2 rings (SSSR count). The summed E-state index contributed by atoms with van der Waals surface area (Å²) >= 11 is 5.84. The highest BCUT2D eigenvalue weighted by Crippen LogP contribution is 2.32. The number of halogens is 1. The van der Waals surface area contributed by atoms with Crippen LogP contribution in [-0.4, -0.2) is 36.5 Å². The van der Waals surface area contributed by atoms with Gasteiger partial charge in [-0.25, -0.2) is 8.42 Å². The Labute approximate surface area is 111 Å². The SMILES string of the molecule is Cc1cc(Cl)c(N)cc1S(=O)(=O)N1CC(C)(O)C1. The average Bonchev–Trinajstić information content (AvgIpc) is 2.19. The molecule has 100 valence electrons. The van der Waals surface area contributed by atoms with E-state index in [0.29, 0.717) is 10.6 Å². The molecule has 7 heteroatoms. The van der Waals surface area contributed by atoms with E-state index in [2.05, 4.69) is 0 Å². The van der Waals surface area contributed by atoms with Crippen molar-refractivity contribution in [3.63, 3.8) is 0 Å². The van der Waals surface area contributed by atoms with Crippen LogP contribution in [-0.2, 0) is 10.0 Å². The van der Waals surface area contributed by atoms with Gasteiger partial charge in [-0.05, 0) is 31.5 Å². The van der Waals surface area contributed by atoms with Gasteiger partial charge in [0.15, 0.2) is 0 Å². The largest absolute Gasteiger partial charge is 0.397 e. The molecule has 0 aromatic heterocycles. The molecule has 0 spiro atoms. The van der Waals surface area contributed by atoms with Gasteiger partial charge < -0.3 is 10.8 Å². The molecule has 1 aromatic rings. The van der Waals surface area contributed by atoms with Gasteiger partial charge in [0.2, 0.25) is 10.0 Å². The van der Waals surface area contributed by atoms with E-state index in [-0.39, 0.29) is 23.7 Å². The van der Waals surface area contributed by atoms with Crippen LogP contribution >= 0.6 is 11.6 Å². The van der Waals surface area contributed by atoms with Crippen LogP contribution < -0.4 is 5.73 Å². The first-order chi connectivity index (χ1) is 8.13. The van der Waals surface area contributed by atoms with Gasteiger partial charge in [0.25, 0.3) is 0 Å². The normalized spacial score (nSPS) is 19.6. The molecule has 3 N–H and O–H groups in total. The number of rotatable bonds is 2. The van der Waals surface area contributed by atoms with Crippen molar-refractivity contribution in [3.8, 4) is 0 Å². The maximum Gasteiger partial charge on any atom is 0.243 e. The summed E-state index contributed by atoms with van der Waals surface area (Å²) in [6.07, 6.45) is 0. The van der Waals surface area contributed by atoms with E-state index in [9.17, 15) is 13.5 Å². The Hall–Kier alpha value is -0.820. The third-order valence-electron chi connectivity index (χ3n) is 2.95. The molecule has 0 unspecified atom stereocenters. The number of nitrogens with zero attached hydrogens (tertiary/aromatic N) is 1. The molecule has 1 aliphatic heterocycles. The third kappa shape index (κ3) is 2.21. The van der Waals surface area contributed by atoms with Crippen molar-refractivity contribution in [3.05, 3.63) is 22.7 Å². The summed E-state index contributed by atoms with van der Waals surface area (Å²) in [5.74, 6) is 0. The van der Waals surface area contributed by atoms with Crippen molar-refractivity contribution in [2.75, 3.05) is 18.8 Å². The lowest BCUT2D eigenvalue weighted by atomic mass is 10.0. The predicted molar refractivity (Wildman–Crippen MR) is 70.0 cm³/mol. The number of anilines is 1. The van der Waals surface area contributed by atoms with Crippen LogP contribution in [0.1, 0.15) is 12.5 Å². The minimum Gasteiger partial charge on any atom is -0.397 e. The highest BCUT2D eigenvalue weighted by molar-refractivity contribution is 7.89. The molecule has 1 saturated heterocycles. The Kier molecular flexibility index (Phi) is 3.09. The van der Waals surface area contributed by atoms with Crippen molar-refractivity contribution in [1.82, 2.24) is 4.31 Å². The van der Waals surface area contributed by atoms with Crippen LogP contribution in [0.5, 0.6) is 0 Å². The number of sulfonamides is 1. The summed E-state index contributed by atoms with van der Waals surface area (Å²) in [4.78, 5) is 0.139. The second-order valence-corrected chi connectivity index (χ2v) is 7.22. The fourth-order valence-electron chi connectivity index (χ4n) is 1.97. The fraction of sp³-hybridized carbons (Fsp3) is 0.455. The zero-order valence-corrected chi connectivity index (χ0v) is 11.7. The van der Waals surface area contributed by atoms with E-state index in [4.69, 9.17) is 17.3 Å². The van der Waals surface area contributed by atoms with Crippen LogP contribution in [0.4, 0.5) is 5.69 Å². The Morgan fingerprint density at radius 2 is 2.00 bits per heavy atom. The third-order valence-corrected chi connectivity index (χ3v) is 5.21. The minimum absolute atomic E-state index is 0.0945. The summed E-state index contributed by atoms with van der Waals surface area (Å²) < 4.78 is 25.8. The molecule has 0 saturated carbocycles. The van der Waals surface area contributed by atoms with Gasteiger partial charge in [0.1, 0.15) is 0 Å². The highest BCUT2D eigenvalue weighted by Gasteiger charge is 2.44. The van der Waals surface area contributed by atoms with E-state index >= 15 is 0 Å². The van der Waals surface area contributed by atoms with Crippen molar-refractivity contribution >= 4 is 27.3 Å².